The Labute approximate surface area is 135 Å². The van der Waals surface area contributed by atoms with Crippen molar-refractivity contribution >= 4 is 33.8 Å². The van der Waals surface area contributed by atoms with Crippen LogP contribution in [0.4, 0.5) is 0 Å². The van der Waals surface area contributed by atoms with E-state index in [1.807, 2.05) is 0 Å². The van der Waals surface area contributed by atoms with Crippen LogP contribution in [-0.2, 0) is 4.79 Å². The average molecular weight is 373 g/mol. The van der Waals surface area contributed by atoms with Crippen LogP contribution in [-0.4, -0.2) is 40.6 Å². The summed E-state index contributed by atoms with van der Waals surface area (Å²) in [4.78, 5) is 26.9. The van der Waals surface area contributed by atoms with E-state index in [4.69, 9.17) is 16.6 Å². The van der Waals surface area contributed by atoms with Gasteiger partial charge in [0, 0.05) is 12.1 Å². The minimum Gasteiger partial charge on any atom is -0.507 e. The Morgan fingerprint density at radius 2 is 2.05 bits per heavy atom. The molecule has 8 nitrogen and oxygen atoms in total. The molecule has 0 spiro atoms. The quantitative estimate of drug-likeness (QED) is 0.265. The zero-order chi connectivity index (χ0) is 16.7. The summed E-state index contributed by atoms with van der Waals surface area (Å²) in [5.74, 6) is -1.76. The van der Waals surface area contributed by atoms with Gasteiger partial charge in [0.2, 0.25) is 0 Å². The lowest BCUT2D eigenvalue weighted by Crippen LogP contribution is -2.40. The minimum atomic E-state index is -1.14. The molecule has 0 aliphatic carbocycles. The van der Waals surface area contributed by atoms with Crippen LogP contribution in [0.2, 0.25) is 0 Å². The highest BCUT2D eigenvalue weighted by molar-refractivity contribution is 9.10. The number of guanidine groups is 1. The van der Waals surface area contributed by atoms with E-state index in [9.17, 15) is 14.7 Å². The number of carbonyl (C=O) groups excluding carboxylic acids is 1. The molecule has 0 bridgehead atoms. The Morgan fingerprint density at radius 3 is 2.59 bits per heavy atom. The molecule has 9 heteroatoms. The number of benzene rings is 1. The number of amides is 1. The molecule has 0 aliphatic rings. The van der Waals surface area contributed by atoms with Gasteiger partial charge in [0.15, 0.2) is 5.96 Å². The maximum absolute atomic E-state index is 12.0. The molecule has 0 fully saturated rings. The first-order valence-electron chi connectivity index (χ1n) is 6.39. The molecule has 0 heterocycles. The number of hydrogen-bond acceptors (Lipinski definition) is 4. The second-order valence-corrected chi connectivity index (χ2v) is 5.33. The Hall–Kier alpha value is -2.29. The van der Waals surface area contributed by atoms with Gasteiger partial charge in [-0.2, -0.15) is 0 Å². The molecular weight excluding hydrogens is 356 g/mol. The monoisotopic (exact) mass is 372 g/mol. The van der Waals surface area contributed by atoms with Crippen LogP contribution in [0.5, 0.6) is 5.75 Å². The average Bonchev–Trinajstić information content (AvgIpc) is 2.44. The van der Waals surface area contributed by atoms with Crippen LogP contribution in [0.25, 0.3) is 0 Å². The number of aliphatic carboxylic acids is 1. The van der Waals surface area contributed by atoms with E-state index in [0.29, 0.717) is 10.9 Å². The first-order valence-corrected chi connectivity index (χ1v) is 7.18. The molecule has 1 rings (SSSR count). The molecule has 1 atom stereocenters. The number of nitrogens with one attached hydrogen (secondary N) is 1. The molecule has 0 saturated carbocycles. The highest BCUT2D eigenvalue weighted by Gasteiger charge is 2.20. The molecule has 7 N–H and O–H groups in total. The van der Waals surface area contributed by atoms with Crippen LogP contribution in [0, 0.1) is 0 Å². The smallest absolute Gasteiger partial charge is 0.326 e. The second-order valence-electron chi connectivity index (χ2n) is 4.48. The number of aromatic hydroxyl groups is 1. The number of carboxylic acids is 1. The van der Waals surface area contributed by atoms with Crippen LogP contribution >= 0.6 is 15.9 Å². The summed E-state index contributed by atoms with van der Waals surface area (Å²) in [5.41, 5.74) is 10.6. The SMILES string of the molecule is NC(N)=NCCC[C@@H](NC(=O)c1ccc(O)c(Br)c1)C(=O)O. The van der Waals surface area contributed by atoms with Crippen LogP contribution in [0.3, 0.4) is 0 Å². The van der Waals surface area contributed by atoms with Crippen molar-refractivity contribution in [2.45, 2.75) is 18.9 Å². The fourth-order valence-corrected chi connectivity index (χ4v) is 2.03. The number of phenolic OH excluding ortho intramolecular Hbond substituents is 1. The highest BCUT2D eigenvalue weighted by atomic mass is 79.9. The zero-order valence-corrected chi connectivity index (χ0v) is 13.2. The molecule has 0 unspecified atom stereocenters. The van der Waals surface area contributed by atoms with Gasteiger partial charge in [0.05, 0.1) is 4.47 Å². The Kier molecular flexibility index (Phi) is 6.64. The maximum Gasteiger partial charge on any atom is 0.326 e. The lowest BCUT2D eigenvalue weighted by atomic mass is 10.1. The fraction of sp³-hybridized carbons (Fsp3) is 0.308. The summed E-state index contributed by atoms with van der Waals surface area (Å²) in [6.07, 6.45) is 0.603. The third-order valence-electron chi connectivity index (χ3n) is 2.76. The molecule has 0 aromatic heterocycles. The van der Waals surface area contributed by atoms with Gasteiger partial charge in [-0.3, -0.25) is 9.79 Å². The number of nitrogens with two attached hydrogens (primary N) is 2. The van der Waals surface area contributed by atoms with Gasteiger partial charge in [0.25, 0.3) is 5.91 Å². The molecular formula is C13H17BrN4O4. The Morgan fingerprint density at radius 1 is 1.36 bits per heavy atom. The zero-order valence-electron chi connectivity index (χ0n) is 11.6. The molecule has 0 saturated heterocycles. The maximum atomic E-state index is 12.0. The molecule has 0 radical (unpaired) electrons. The summed E-state index contributed by atoms with van der Waals surface area (Å²) >= 11 is 3.09. The van der Waals surface area contributed by atoms with E-state index in [-0.39, 0.29) is 30.2 Å². The summed E-state index contributed by atoms with van der Waals surface area (Å²) in [6.45, 7) is 0.284. The number of nitrogens with zero attached hydrogens (tertiary/aromatic N) is 1. The Bertz CT molecular complexity index is 587. The Balaban J connectivity index is 2.65. The lowest BCUT2D eigenvalue weighted by Gasteiger charge is -2.14. The van der Waals surface area contributed by atoms with Crippen molar-refractivity contribution in [1.82, 2.24) is 5.32 Å². The first kappa shape index (κ1) is 17.8. The van der Waals surface area contributed by atoms with Crippen LogP contribution in [0.1, 0.15) is 23.2 Å². The van der Waals surface area contributed by atoms with Gasteiger partial charge in [0.1, 0.15) is 11.8 Å². The van der Waals surface area contributed by atoms with Crippen LogP contribution < -0.4 is 16.8 Å². The van der Waals surface area contributed by atoms with E-state index in [0.717, 1.165) is 0 Å². The predicted octanol–water partition coefficient (Wildman–Crippen LogP) is 0.391. The number of phenols is 1. The molecule has 1 aromatic carbocycles. The lowest BCUT2D eigenvalue weighted by molar-refractivity contribution is -0.139. The normalized spacial score (nSPS) is 11.5. The largest absolute Gasteiger partial charge is 0.507 e. The van der Waals surface area contributed by atoms with Crippen molar-refractivity contribution in [3.63, 3.8) is 0 Å². The third kappa shape index (κ3) is 5.60. The van der Waals surface area contributed by atoms with Crippen LogP contribution in [0.15, 0.2) is 27.7 Å². The molecule has 1 aromatic rings. The fourth-order valence-electron chi connectivity index (χ4n) is 1.65. The number of carbonyl (C=O) groups is 2. The van der Waals surface area contributed by atoms with Gasteiger partial charge in [-0.05, 0) is 47.0 Å². The number of halogens is 1. The third-order valence-corrected chi connectivity index (χ3v) is 3.39. The van der Waals surface area contributed by atoms with Gasteiger partial charge >= 0.3 is 5.97 Å². The van der Waals surface area contributed by atoms with Gasteiger partial charge in [-0.1, -0.05) is 0 Å². The van der Waals surface area contributed by atoms with Crippen molar-refractivity contribution < 1.29 is 19.8 Å². The highest BCUT2D eigenvalue weighted by Crippen LogP contribution is 2.24. The molecule has 120 valence electrons. The predicted molar refractivity (Wildman–Crippen MR) is 84.6 cm³/mol. The van der Waals surface area contributed by atoms with E-state index < -0.39 is 17.9 Å². The standard InChI is InChI=1S/C13H17BrN4O4/c14-8-6-7(3-4-10(8)19)11(20)18-9(12(21)22)2-1-5-17-13(15)16/h3-4,6,9,19H,1-2,5H2,(H,18,20)(H,21,22)(H4,15,16,17)/t9-/m1/s1. The molecule has 22 heavy (non-hydrogen) atoms. The summed E-state index contributed by atoms with van der Waals surface area (Å²) in [5, 5.41) is 20.9. The number of carboxylic acid groups (broad SMARTS) is 1. The van der Waals surface area contributed by atoms with Gasteiger partial charge in [-0.25, -0.2) is 4.79 Å². The van der Waals surface area contributed by atoms with E-state index in [2.05, 4.69) is 26.2 Å². The van der Waals surface area contributed by atoms with E-state index in [1.54, 1.807) is 0 Å². The topological polar surface area (TPSA) is 151 Å². The van der Waals surface area contributed by atoms with Crippen molar-refractivity contribution in [2.24, 2.45) is 16.5 Å². The summed E-state index contributed by atoms with van der Waals surface area (Å²) in [6, 6.07) is 3.10. The first-order chi connectivity index (χ1) is 10.3. The molecule has 0 aliphatic heterocycles. The van der Waals surface area contributed by atoms with Gasteiger partial charge < -0.3 is 27.0 Å². The van der Waals surface area contributed by atoms with Crippen molar-refractivity contribution in [2.75, 3.05) is 6.54 Å². The second kappa shape index (κ2) is 8.23. The van der Waals surface area contributed by atoms with E-state index >= 15 is 0 Å². The van der Waals surface area contributed by atoms with Crippen molar-refractivity contribution in [1.29, 1.82) is 0 Å². The number of aliphatic imine (C=N–C) groups is 1. The number of rotatable bonds is 7. The molecule has 1 amide bonds. The van der Waals surface area contributed by atoms with Gasteiger partial charge in [-0.15, -0.1) is 0 Å². The summed E-state index contributed by atoms with van der Waals surface area (Å²) < 4.78 is 0.347. The minimum absolute atomic E-state index is 0.0106. The number of hydrogen-bond donors (Lipinski definition) is 5. The summed E-state index contributed by atoms with van der Waals surface area (Å²) in [7, 11) is 0. The van der Waals surface area contributed by atoms with Crippen molar-refractivity contribution in [3.8, 4) is 5.75 Å². The van der Waals surface area contributed by atoms with E-state index in [1.165, 1.54) is 18.2 Å². The van der Waals surface area contributed by atoms with Crippen molar-refractivity contribution in [3.05, 3.63) is 28.2 Å².